The molecule has 2 N–H and O–H groups in total. The molecule has 0 aliphatic heterocycles. The highest BCUT2D eigenvalue weighted by Gasteiger charge is 2.42. The van der Waals surface area contributed by atoms with Crippen LogP contribution in [0.2, 0.25) is 0 Å². The molecule has 1 fully saturated rings. The van der Waals surface area contributed by atoms with Gasteiger partial charge in [0.15, 0.2) is 0 Å². The maximum atomic E-state index is 6.31. The summed E-state index contributed by atoms with van der Waals surface area (Å²) in [6.45, 7) is 0. The Morgan fingerprint density at radius 2 is 1.76 bits per heavy atom. The minimum atomic E-state index is 0.161. The minimum Gasteiger partial charge on any atom is -0.324 e. The van der Waals surface area contributed by atoms with Crippen molar-refractivity contribution >= 4 is 0 Å². The van der Waals surface area contributed by atoms with Gasteiger partial charge < -0.3 is 5.73 Å². The second kappa shape index (κ2) is 4.30. The van der Waals surface area contributed by atoms with Crippen LogP contribution in [0, 0.1) is 5.92 Å². The number of hydrogen-bond acceptors (Lipinski definition) is 2. The average Bonchev–Trinajstić information content (AvgIpc) is 3.20. The summed E-state index contributed by atoms with van der Waals surface area (Å²) in [5.41, 5.74) is 8.93. The van der Waals surface area contributed by atoms with Crippen LogP contribution >= 0.6 is 0 Å². The molecule has 0 bridgehead atoms. The highest BCUT2D eigenvalue weighted by atomic mass is 14.7. The van der Waals surface area contributed by atoms with Crippen LogP contribution in [-0.4, -0.2) is 4.98 Å². The van der Waals surface area contributed by atoms with Crippen LogP contribution in [0.3, 0.4) is 0 Å². The molecule has 2 aromatic rings. The van der Waals surface area contributed by atoms with E-state index in [0.29, 0.717) is 11.8 Å². The van der Waals surface area contributed by atoms with Gasteiger partial charge in [-0.2, -0.15) is 0 Å². The lowest BCUT2D eigenvalue weighted by molar-refractivity contribution is 0.615. The summed E-state index contributed by atoms with van der Waals surface area (Å²) < 4.78 is 0. The Hall–Kier alpha value is -1.67. The Morgan fingerprint density at radius 1 is 1.06 bits per heavy atom. The van der Waals surface area contributed by atoms with Gasteiger partial charge in [0.2, 0.25) is 0 Å². The van der Waals surface area contributed by atoms with Gasteiger partial charge in [-0.3, -0.25) is 4.98 Å². The number of nitrogens with zero attached hydrogens (tertiary/aromatic N) is 1. The summed E-state index contributed by atoms with van der Waals surface area (Å²) in [4.78, 5) is 4.05. The van der Waals surface area contributed by atoms with E-state index < -0.39 is 0 Å². The number of aromatic nitrogens is 1. The van der Waals surface area contributed by atoms with Crippen LogP contribution in [0.5, 0.6) is 0 Å². The molecule has 86 valence electrons. The van der Waals surface area contributed by atoms with Gasteiger partial charge >= 0.3 is 0 Å². The molecule has 1 aliphatic rings. The number of pyridine rings is 1. The Balaban J connectivity index is 1.73. The van der Waals surface area contributed by atoms with E-state index in [0.717, 1.165) is 0 Å². The fourth-order valence-corrected chi connectivity index (χ4v) is 2.53. The summed E-state index contributed by atoms with van der Waals surface area (Å²) in [6.07, 6.45) is 4.91. The lowest BCUT2D eigenvalue weighted by atomic mass is 10.0. The molecule has 0 saturated heterocycles. The standard InChI is InChI=1S/C15H16N2/c16-15(12-4-2-1-3-5-12)14-10-13(14)11-6-8-17-9-7-11/h1-9,13-15H,10,16H2. The van der Waals surface area contributed by atoms with E-state index in [2.05, 4.69) is 41.4 Å². The zero-order valence-electron chi connectivity index (χ0n) is 9.66. The van der Waals surface area contributed by atoms with E-state index in [1.165, 1.54) is 17.5 Å². The summed E-state index contributed by atoms with van der Waals surface area (Å²) in [7, 11) is 0. The molecule has 1 aliphatic carbocycles. The molecule has 0 radical (unpaired) electrons. The summed E-state index contributed by atoms with van der Waals surface area (Å²) in [5, 5.41) is 0. The molecule has 2 heteroatoms. The first-order valence-electron chi connectivity index (χ1n) is 6.06. The molecule has 0 amide bonds. The SMILES string of the molecule is NC(c1ccccc1)C1CC1c1ccncc1. The van der Waals surface area contributed by atoms with Crippen molar-refractivity contribution in [1.29, 1.82) is 0 Å². The highest BCUT2D eigenvalue weighted by molar-refractivity contribution is 5.28. The molecule has 0 spiro atoms. The summed E-state index contributed by atoms with van der Waals surface area (Å²) in [6, 6.07) is 14.7. The first kappa shape index (κ1) is 10.5. The molecule has 3 unspecified atom stereocenters. The first-order valence-corrected chi connectivity index (χ1v) is 6.06. The zero-order chi connectivity index (χ0) is 11.7. The van der Waals surface area contributed by atoms with Crippen LogP contribution in [-0.2, 0) is 0 Å². The third kappa shape index (κ3) is 2.08. The maximum absolute atomic E-state index is 6.31. The van der Waals surface area contributed by atoms with Crippen molar-refractivity contribution in [1.82, 2.24) is 4.98 Å². The van der Waals surface area contributed by atoms with Crippen LogP contribution in [0.4, 0.5) is 0 Å². The van der Waals surface area contributed by atoms with Gasteiger partial charge in [-0.25, -0.2) is 0 Å². The van der Waals surface area contributed by atoms with E-state index in [4.69, 9.17) is 5.73 Å². The Labute approximate surface area is 102 Å². The highest BCUT2D eigenvalue weighted by Crippen LogP contribution is 2.52. The fraction of sp³-hybridized carbons (Fsp3) is 0.267. The average molecular weight is 224 g/mol. The van der Waals surface area contributed by atoms with Gasteiger partial charge in [0, 0.05) is 18.4 Å². The van der Waals surface area contributed by atoms with Crippen molar-refractivity contribution in [3.05, 3.63) is 66.0 Å². The van der Waals surface area contributed by atoms with Crippen LogP contribution in [0.25, 0.3) is 0 Å². The van der Waals surface area contributed by atoms with Crippen molar-refractivity contribution in [3.63, 3.8) is 0 Å². The first-order chi connectivity index (χ1) is 8.36. The quantitative estimate of drug-likeness (QED) is 0.870. The van der Waals surface area contributed by atoms with Crippen molar-refractivity contribution < 1.29 is 0 Å². The Kier molecular flexibility index (Phi) is 2.65. The lowest BCUT2D eigenvalue weighted by Crippen LogP contribution is -2.13. The van der Waals surface area contributed by atoms with Crippen molar-refractivity contribution in [2.24, 2.45) is 11.7 Å². The van der Waals surface area contributed by atoms with Gasteiger partial charge in [-0.05, 0) is 41.5 Å². The maximum Gasteiger partial charge on any atom is 0.0329 e. The second-order valence-corrected chi connectivity index (χ2v) is 4.72. The molecular weight excluding hydrogens is 208 g/mol. The lowest BCUT2D eigenvalue weighted by Gasteiger charge is -2.11. The number of rotatable bonds is 3. The molecule has 3 rings (SSSR count). The zero-order valence-corrected chi connectivity index (χ0v) is 9.66. The molecule has 2 nitrogen and oxygen atoms in total. The molecule has 3 atom stereocenters. The normalized spacial score (nSPS) is 24.3. The van der Waals surface area contributed by atoms with Crippen molar-refractivity contribution in [3.8, 4) is 0 Å². The van der Waals surface area contributed by atoms with E-state index in [9.17, 15) is 0 Å². The van der Waals surface area contributed by atoms with E-state index in [-0.39, 0.29) is 6.04 Å². The van der Waals surface area contributed by atoms with E-state index >= 15 is 0 Å². The summed E-state index contributed by atoms with van der Waals surface area (Å²) in [5.74, 6) is 1.20. The fourth-order valence-electron chi connectivity index (χ4n) is 2.53. The molecular formula is C15H16N2. The third-order valence-corrected chi connectivity index (χ3v) is 3.62. The Morgan fingerprint density at radius 3 is 2.47 bits per heavy atom. The van der Waals surface area contributed by atoms with Crippen molar-refractivity contribution in [2.45, 2.75) is 18.4 Å². The Bertz CT molecular complexity index is 481. The number of hydrogen-bond donors (Lipinski definition) is 1. The van der Waals surface area contributed by atoms with Gasteiger partial charge in [0.05, 0.1) is 0 Å². The molecule has 1 aromatic carbocycles. The molecule has 17 heavy (non-hydrogen) atoms. The van der Waals surface area contributed by atoms with Gasteiger partial charge in [0.1, 0.15) is 0 Å². The molecule has 1 aromatic heterocycles. The van der Waals surface area contributed by atoms with Crippen LogP contribution in [0.1, 0.15) is 29.5 Å². The predicted octanol–water partition coefficient (Wildman–Crippen LogP) is 2.89. The monoisotopic (exact) mass is 224 g/mol. The largest absolute Gasteiger partial charge is 0.324 e. The summed E-state index contributed by atoms with van der Waals surface area (Å²) >= 11 is 0. The second-order valence-electron chi connectivity index (χ2n) is 4.72. The van der Waals surface area contributed by atoms with E-state index in [1.54, 1.807) is 0 Å². The molecule has 1 heterocycles. The minimum absolute atomic E-state index is 0.161. The smallest absolute Gasteiger partial charge is 0.0329 e. The number of nitrogens with two attached hydrogens (primary N) is 1. The van der Waals surface area contributed by atoms with Gasteiger partial charge in [0.25, 0.3) is 0 Å². The van der Waals surface area contributed by atoms with Gasteiger partial charge in [-0.1, -0.05) is 30.3 Å². The van der Waals surface area contributed by atoms with Crippen molar-refractivity contribution in [2.75, 3.05) is 0 Å². The topological polar surface area (TPSA) is 38.9 Å². The van der Waals surface area contributed by atoms with Crippen LogP contribution < -0.4 is 5.73 Å². The number of benzene rings is 1. The van der Waals surface area contributed by atoms with Gasteiger partial charge in [-0.15, -0.1) is 0 Å². The van der Waals surface area contributed by atoms with Crippen LogP contribution in [0.15, 0.2) is 54.9 Å². The third-order valence-electron chi connectivity index (χ3n) is 3.62. The molecule has 1 saturated carbocycles. The predicted molar refractivity (Wildman–Crippen MR) is 68.5 cm³/mol. The van der Waals surface area contributed by atoms with E-state index in [1.807, 2.05) is 18.5 Å².